The summed E-state index contributed by atoms with van der Waals surface area (Å²) in [4.78, 5) is 27.6. The highest BCUT2D eigenvalue weighted by molar-refractivity contribution is 6.88. The molecule has 8 bridgehead atoms. The van der Waals surface area contributed by atoms with Crippen LogP contribution in [-0.4, -0.2) is 19.9 Å². The molecule has 8 aliphatic carbocycles. The van der Waals surface area contributed by atoms with E-state index < -0.39 is 8.07 Å². The number of benzene rings is 1. The van der Waals surface area contributed by atoms with Crippen molar-refractivity contribution in [1.82, 2.24) is 0 Å². The van der Waals surface area contributed by atoms with Gasteiger partial charge in [-0.25, -0.2) is 0 Å². The number of hydrogen-bond acceptors (Lipinski definition) is 2. The fraction of sp³-hybridized carbons (Fsp3) is 0.742. The Balaban J connectivity index is 1.14. The lowest BCUT2D eigenvalue weighted by Gasteiger charge is -2.55. The molecule has 4 nitrogen and oxygen atoms in total. The van der Waals surface area contributed by atoms with E-state index in [0.29, 0.717) is 0 Å². The van der Waals surface area contributed by atoms with Crippen LogP contribution in [0.3, 0.4) is 0 Å². The average molecular weight is 505 g/mol. The number of carbonyl (C=O) groups is 2. The van der Waals surface area contributed by atoms with Gasteiger partial charge in [0.2, 0.25) is 11.8 Å². The summed E-state index contributed by atoms with van der Waals surface area (Å²) in [7, 11) is -1.64. The number of rotatable bonds is 5. The van der Waals surface area contributed by atoms with Gasteiger partial charge in [0.25, 0.3) is 0 Å². The Morgan fingerprint density at radius 1 is 0.611 bits per heavy atom. The van der Waals surface area contributed by atoms with Gasteiger partial charge in [-0.05, 0) is 131 Å². The summed E-state index contributed by atoms with van der Waals surface area (Å²) in [6.45, 7) is 7.03. The van der Waals surface area contributed by atoms with Crippen LogP contribution in [0, 0.1) is 46.3 Å². The molecular formula is C31H44N2O2Si. The number of carbonyl (C=O) groups excluding carboxylic acids is 2. The van der Waals surface area contributed by atoms with Crippen LogP contribution in [0.4, 0.5) is 11.4 Å². The van der Waals surface area contributed by atoms with E-state index in [1.807, 2.05) is 6.07 Å². The minimum Gasteiger partial charge on any atom is -0.326 e. The highest BCUT2D eigenvalue weighted by Crippen LogP contribution is 2.61. The Kier molecular flexibility index (Phi) is 5.18. The smallest absolute Gasteiger partial charge is 0.230 e. The Morgan fingerprint density at radius 2 is 0.917 bits per heavy atom. The molecule has 0 heterocycles. The molecule has 9 rings (SSSR count). The summed E-state index contributed by atoms with van der Waals surface area (Å²) in [5.41, 5.74) is 1.45. The lowest BCUT2D eigenvalue weighted by atomic mass is 9.49. The second kappa shape index (κ2) is 7.94. The van der Waals surface area contributed by atoms with Gasteiger partial charge in [0, 0.05) is 11.4 Å². The van der Waals surface area contributed by atoms with Crippen molar-refractivity contribution >= 4 is 36.4 Å². The SMILES string of the molecule is C[Si](C)(C)c1cc(NC(=O)C23CC4CC(CC(C4)C2)C3)cc(NC(=O)C23CC4CC(CC(C4)C2)C3)c1. The molecule has 5 heteroatoms. The highest BCUT2D eigenvalue weighted by atomic mass is 28.3. The zero-order chi connectivity index (χ0) is 24.9. The average Bonchev–Trinajstić information content (AvgIpc) is 2.76. The molecule has 0 aromatic heterocycles. The third kappa shape index (κ3) is 3.90. The topological polar surface area (TPSA) is 58.2 Å². The Morgan fingerprint density at radius 3 is 1.19 bits per heavy atom. The first-order chi connectivity index (χ1) is 17.1. The van der Waals surface area contributed by atoms with Gasteiger partial charge in [-0.1, -0.05) is 24.8 Å². The van der Waals surface area contributed by atoms with Crippen molar-refractivity contribution in [3.63, 3.8) is 0 Å². The molecule has 0 saturated heterocycles. The zero-order valence-electron chi connectivity index (χ0n) is 22.5. The quantitative estimate of drug-likeness (QED) is 0.447. The van der Waals surface area contributed by atoms with Crippen LogP contribution < -0.4 is 15.8 Å². The number of hydrogen-bond donors (Lipinski definition) is 2. The molecule has 194 valence electrons. The summed E-state index contributed by atoms with van der Waals surface area (Å²) in [5.74, 6) is 5.02. The van der Waals surface area contributed by atoms with Crippen LogP contribution in [0.25, 0.3) is 0 Å². The van der Waals surface area contributed by atoms with E-state index in [1.165, 1.54) is 43.7 Å². The monoisotopic (exact) mass is 504 g/mol. The molecule has 0 unspecified atom stereocenters. The zero-order valence-corrected chi connectivity index (χ0v) is 23.5. The van der Waals surface area contributed by atoms with Gasteiger partial charge in [0.05, 0.1) is 18.9 Å². The minimum atomic E-state index is -1.64. The third-order valence-corrected chi connectivity index (χ3v) is 13.4. The highest BCUT2D eigenvalue weighted by Gasteiger charge is 2.56. The molecular weight excluding hydrogens is 460 g/mol. The number of amides is 2. The van der Waals surface area contributed by atoms with Crippen molar-refractivity contribution in [2.75, 3.05) is 10.6 Å². The van der Waals surface area contributed by atoms with Gasteiger partial charge in [0.1, 0.15) is 0 Å². The van der Waals surface area contributed by atoms with Gasteiger partial charge < -0.3 is 10.6 Å². The summed E-state index contributed by atoms with van der Waals surface area (Å²) in [5, 5.41) is 8.08. The number of anilines is 2. The fourth-order valence-corrected chi connectivity index (χ4v) is 11.7. The second-order valence-corrected chi connectivity index (χ2v) is 20.4. The molecule has 1 aromatic rings. The van der Waals surface area contributed by atoms with Crippen molar-refractivity contribution in [2.45, 2.75) is 96.7 Å². The van der Waals surface area contributed by atoms with Gasteiger partial charge in [0.15, 0.2) is 0 Å². The van der Waals surface area contributed by atoms with Crippen LogP contribution in [0.1, 0.15) is 77.0 Å². The van der Waals surface area contributed by atoms with Gasteiger partial charge in [-0.3, -0.25) is 9.59 Å². The predicted molar refractivity (Wildman–Crippen MR) is 148 cm³/mol. The molecule has 0 spiro atoms. The van der Waals surface area contributed by atoms with Gasteiger partial charge in [-0.15, -0.1) is 0 Å². The summed E-state index contributed by atoms with van der Waals surface area (Å²) in [6, 6.07) is 6.44. The van der Waals surface area contributed by atoms with E-state index in [-0.39, 0.29) is 22.6 Å². The van der Waals surface area contributed by atoms with E-state index in [2.05, 4.69) is 42.4 Å². The van der Waals surface area contributed by atoms with Crippen LogP contribution >= 0.6 is 0 Å². The standard InChI is InChI=1S/C31H44N2O2Si/c1-36(2,3)27-11-25(32-28(34)30-13-19-4-20(14-30)6-21(5-19)15-30)10-26(12-27)33-29(35)31-16-22-7-23(17-31)9-24(8-22)18-31/h10-12,19-24H,4-9,13-18H2,1-3H3,(H,32,34)(H,33,35). The third-order valence-electron chi connectivity index (χ3n) is 11.4. The summed E-state index contributed by atoms with van der Waals surface area (Å²) < 4.78 is 0. The van der Waals surface area contributed by atoms with Gasteiger partial charge in [-0.2, -0.15) is 0 Å². The molecule has 2 N–H and O–H groups in total. The minimum absolute atomic E-state index is 0.160. The molecule has 0 radical (unpaired) electrons. The second-order valence-electron chi connectivity index (χ2n) is 15.4. The van der Waals surface area contributed by atoms with Gasteiger partial charge >= 0.3 is 0 Å². The maximum absolute atomic E-state index is 13.8. The first kappa shape index (κ1) is 23.5. The Bertz CT molecular complexity index is 955. The van der Waals surface area contributed by atoms with Crippen LogP contribution in [0.5, 0.6) is 0 Å². The fourth-order valence-electron chi connectivity index (χ4n) is 10.5. The first-order valence-corrected chi connectivity index (χ1v) is 18.4. The van der Waals surface area contributed by atoms with Crippen molar-refractivity contribution in [2.24, 2.45) is 46.3 Å². The largest absolute Gasteiger partial charge is 0.326 e. The maximum Gasteiger partial charge on any atom is 0.230 e. The normalized spacial score (nSPS) is 42.0. The first-order valence-electron chi connectivity index (χ1n) is 14.9. The van der Waals surface area contributed by atoms with Crippen molar-refractivity contribution in [1.29, 1.82) is 0 Å². The van der Waals surface area contributed by atoms with E-state index in [0.717, 1.165) is 85.4 Å². The van der Waals surface area contributed by atoms with E-state index in [9.17, 15) is 9.59 Å². The molecule has 8 saturated carbocycles. The number of nitrogens with one attached hydrogen (secondary N) is 2. The summed E-state index contributed by atoms with van der Waals surface area (Å²) in [6.07, 6.45) is 14.5. The lowest BCUT2D eigenvalue weighted by molar-refractivity contribution is -0.140. The van der Waals surface area contributed by atoms with E-state index >= 15 is 0 Å². The van der Waals surface area contributed by atoms with E-state index in [1.54, 1.807) is 0 Å². The Labute approximate surface area is 217 Å². The lowest BCUT2D eigenvalue weighted by Crippen LogP contribution is -2.52. The molecule has 1 aromatic carbocycles. The Hall–Kier alpha value is -1.62. The molecule has 8 aliphatic rings. The van der Waals surface area contributed by atoms with Crippen molar-refractivity contribution in [3.05, 3.63) is 18.2 Å². The molecule has 0 atom stereocenters. The van der Waals surface area contributed by atoms with E-state index in [4.69, 9.17) is 0 Å². The molecule has 0 aliphatic heterocycles. The van der Waals surface area contributed by atoms with Crippen molar-refractivity contribution in [3.8, 4) is 0 Å². The van der Waals surface area contributed by atoms with Crippen LogP contribution in [-0.2, 0) is 9.59 Å². The summed E-state index contributed by atoms with van der Waals surface area (Å²) >= 11 is 0. The molecule has 2 amide bonds. The van der Waals surface area contributed by atoms with Crippen LogP contribution in [0.15, 0.2) is 18.2 Å². The molecule has 36 heavy (non-hydrogen) atoms. The van der Waals surface area contributed by atoms with Crippen LogP contribution in [0.2, 0.25) is 19.6 Å². The molecule has 8 fully saturated rings. The predicted octanol–water partition coefficient (Wildman–Crippen LogP) is 6.54. The maximum atomic E-state index is 13.8. The van der Waals surface area contributed by atoms with Crippen molar-refractivity contribution < 1.29 is 9.59 Å².